The Morgan fingerprint density at radius 2 is 2.05 bits per heavy atom. The molecule has 2 rings (SSSR count). The van der Waals surface area contributed by atoms with Gasteiger partial charge in [0.25, 0.3) is 0 Å². The van der Waals surface area contributed by atoms with E-state index in [-0.39, 0.29) is 0 Å². The molecule has 120 valence electrons. The second-order valence-corrected chi connectivity index (χ2v) is 6.53. The zero-order valence-electron chi connectivity index (χ0n) is 14.0. The number of nitrogens with one attached hydrogen (secondary N) is 1. The first-order valence-electron chi connectivity index (χ1n) is 9.11. The molecule has 1 atom stereocenters. The Morgan fingerprint density at radius 1 is 1.24 bits per heavy atom. The van der Waals surface area contributed by atoms with Gasteiger partial charge in [0.1, 0.15) is 0 Å². The van der Waals surface area contributed by atoms with Crippen LogP contribution in [-0.4, -0.2) is 22.4 Å². The number of nitrogens with zero attached hydrogens (tertiary/aromatic N) is 2. The van der Waals surface area contributed by atoms with Gasteiger partial charge in [0.15, 0.2) is 0 Å². The van der Waals surface area contributed by atoms with Crippen molar-refractivity contribution in [3.63, 3.8) is 0 Å². The molecule has 1 aromatic heterocycles. The lowest BCUT2D eigenvalue weighted by Crippen LogP contribution is -2.31. The van der Waals surface area contributed by atoms with Crippen molar-refractivity contribution in [3.05, 3.63) is 18.0 Å². The third-order valence-electron chi connectivity index (χ3n) is 4.72. The quantitative estimate of drug-likeness (QED) is 0.644. The molecule has 3 nitrogen and oxygen atoms in total. The zero-order chi connectivity index (χ0) is 14.9. The van der Waals surface area contributed by atoms with Crippen LogP contribution in [0.15, 0.2) is 12.3 Å². The van der Waals surface area contributed by atoms with E-state index in [2.05, 4.69) is 36.1 Å². The molecule has 1 heterocycles. The van der Waals surface area contributed by atoms with Gasteiger partial charge >= 0.3 is 0 Å². The predicted octanol–water partition coefficient (Wildman–Crippen LogP) is 4.49. The molecule has 0 spiro atoms. The summed E-state index contributed by atoms with van der Waals surface area (Å²) in [5.74, 6) is 0. The number of rotatable bonds is 10. The molecule has 3 heteroatoms. The fourth-order valence-electron chi connectivity index (χ4n) is 3.49. The van der Waals surface area contributed by atoms with Crippen LogP contribution in [0.4, 0.5) is 0 Å². The first-order chi connectivity index (χ1) is 10.3. The maximum Gasteiger partial charge on any atom is 0.0640 e. The van der Waals surface area contributed by atoms with Crippen LogP contribution in [0, 0.1) is 0 Å². The van der Waals surface area contributed by atoms with Crippen LogP contribution in [0.1, 0.15) is 83.4 Å². The number of likely N-dealkylation sites (N-methyl/N-ethyl adjacent to an activating group) is 1. The number of unbranched alkanes of at least 4 members (excludes halogenated alkanes) is 3. The third-order valence-corrected chi connectivity index (χ3v) is 4.72. The number of hydrogen-bond donors (Lipinski definition) is 1. The first-order valence-corrected chi connectivity index (χ1v) is 9.11. The Labute approximate surface area is 130 Å². The number of aromatic nitrogens is 2. The monoisotopic (exact) mass is 291 g/mol. The van der Waals surface area contributed by atoms with E-state index in [9.17, 15) is 0 Å². The Kier molecular flexibility index (Phi) is 7.28. The van der Waals surface area contributed by atoms with Crippen LogP contribution in [-0.2, 0) is 6.42 Å². The molecule has 1 fully saturated rings. The van der Waals surface area contributed by atoms with Crippen molar-refractivity contribution in [1.29, 1.82) is 0 Å². The highest BCUT2D eigenvalue weighted by Gasteiger charge is 2.18. The highest BCUT2D eigenvalue weighted by molar-refractivity contribution is 5.02. The Morgan fingerprint density at radius 3 is 2.76 bits per heavy atom. The van der Waals surface area contributed by atoms with Gasteiger partial charge in [-0.15, -0.1) is 0 Å². The topological polar surface area (TPSA) is 29.9 Å². The molecule has 21 heavy (non-hydrogen) atoms. The van der Waals surface area contributed by atoms with Gasteiger partial charge in [0, 0.05) is 18.7 Å². The van der Waals surface area contributed by atoms with Crippen molar-refractivity contribution >= 4 is 0 Å². The lowest BCUT2D eigenvalue weighted by atomic mass is 10.0. The molecule has 0 amide bonds. The molecule has 1 N–H and O–H groups in total. The predicted molar refractivity (Wildman–Crippen MR) is 89.7 cm³/mol. The van der Waals surface area contributed by atoms with E-state index >= 15 is 0 Å². The van der Waals surface area contributed by atoms with Crippen LogP contribution in [0.25, 0.3) is 0 Å². The normalized spacial score (nSPS) is 17.4. The smallest absolute Gasteiger partial charge is 0.0640 e. The van der Waals surface area contributed by atoms with Crippen LogP contribution >= 0.6 is 0 Å². The van der Waals surface area contributed by atoms with E-state index < -0.39 is 0 Å². The second kappa shape index (κ2) is 9.24. The summed E-state index contributed by atoms with van der Waals surface area (Å²) in [6, 6.07) is 3.49. The van der Waals surface area contributed by atoms with E-state index in [0.29, 0.717) is 12.1 Å². The fraction of sp³-hybridized carbons (Fsp3) is 0.833. The third kappa shape index (κ3) is 5.46. The Bertz CT molecular complexity index is 380. The van der Waals surface area contributed by atoms with E-state index in [1.807, 2.05) is 0 Å². The van der Waals surface area contributed by atoms with Crippen molar-refractivity contribution in [3.8, 4) is 0 Å². The minimum Gasteiger partial charge on any atom is -0.314 e. The van der Waals surface area contributed by atoms with Gasteiger partial charge in [-0.1, -0.05) is 52.4 Å². The van der Waals surface area contributed by atoms with E-state index in [0.717, 1.165) is 13.0 Å². The van der Waals surface area contributed by atoms with E-state index in [1.165, 1.54) is 63.5 Å². The lowest BCUT2D eigenvalue weighted by molar-refractivity contribution is 0.441. The van der Waals surface area contributed by atoms with Crippen molar-refractivity contribution in [2.24, 2.45) is 0 Å². The average molecular weight is 291 g/mol. The minimum atomic E-state index is 0.596. The first kappa shape index (κ1) is 16.5. The molecule has 1 saturated carbocycles. The summed E-state index contributed by atoms with van der Waals surface area (Å²) in [4.78, 5) is 0. The van der Waals surface area contributed by atoms with Crippen LogP contribution < -0.4 is 5.32 Å². The van der Waals surface area contributed by atoms with Gasteiger partial charge in [0.2, 0.25) is 0 Å². The molecule has 1 aromatic rings. The van der Waals surface area contributed by atoms with Crippen LogP contribution in [0.3, 0.4) is 0 Å². The molecule has 0 radical (unpaired) electrons. The summed E-state index contributed by atoms with van der Waals surface area (Å²) in [7, 11) is 0. The SMILES string of the molecule is CCCCCCC(Cc1ccn(C2CCCC2)n1)NCC. The summed E-state index contributed by atoms with van der Waals surface area (Å²) in [5, 5.41) is 8.47. The summed E-state index contributed by atoms with van der Waals surface area (Å²) in [5.41, 5.74) is 1.27. The molecular weight excluding hydrogens is 258 g/mol. The average Bonchev–Trinajstić information content (AvgIpc) is 3.14. The summed E-state index contributed by atoms with van der Waals surface area (Å²) < 4.78 is 2.22. The van der Waals surface area contributed by atoms with Crippen LogP contribution in [0.5, 0.6) is 0 Å². The lowest BCUT2D eigenvalue weighted by Gasteiger charge is -2.17. The van der Waals surface area contributed by atoms with Crippen molar-refractivity contribution < 1.29 is 0 Å². The standard InChI is InChI=1S/C18H33N3/c1-3-5-6-7-10-16(19-4-2)15-17-13-14-21(20-17)18-11-8-9-12-18/h13-14,16,18-19H,3-12,15H2,1-2H3. The molecule has 0 saturated heterocycles. The van der Waals surface area contributed by atoms with Gasteiger partial charge in [-0.25, -0.2) is 0 Å². The van der Waals surface area contributed by atoms with Crippen molar-refractivity contribution in [2.45, 2.75) is 90.1 Å². The molecule has 0 aliphatic heterocycles. The molecular formula is C18H33N3. The Hall–Kier alpha value is -0.830. The largest absolute Gasteiger partial charge is 0.314 e. The zero-order valence-corrected chi connectivity index (χ0v) is 14.0. The summed E-state index contributed by atoms with van der Waals surface area (Å²) in [6.45, 7) is 5.54. The fourth-order valence-corrected chi connectivity index (χ4v) is 3.49. The number of hydrogen-bond acceptors (Lipinski definition) is 2. The summed E-state index contributed by atoms with van der Waals surface area (Å²) >= 11 is 0. The molecule has 1 aliphatic carbocycles. The maximum atomic E-state index is 4.84. The highest BCUT2D eigenvalue weighted by Crippen LogP contribution is 2.28. The minimum absolute atomic E-state index is 0.596. The van der Waals surface area contributed by atoms with Crippen LogP contribution in [0.2, 0.25) is 0 Å². The Balaban J connectivity index is 1.81. The van der Waals surface area contributed by atoms with Gasteiger partial charge in [0.05, 0.1) is 11.7 Å². The highest BCUT2D eigenvalue weighted by atomic mass is 15.3. The molecule has 1 unspecified atom stereocenters. The van der Waals surface area contributed by atoms with Crippen molar-refractivity contribution in [2.75, 3.05) is 6.54 Å². The molecule has 0 bridgehead atoms. The second-order valence-electron chi connectivity index (χ2n) is 6.53. The van der Waals surface area contributed by atoms with E-state index in [4.69, 9.17) is 5.10 Å². The summed E-state index contributed by atoms with van der Waals surface area (Å²) in [6.07, 6.45) is 15.3. The maximum absolute atomic E-state index is 4.84. The van der Waals surface area contributed by atoms with E-state index in [1.54, 1.807) is 0 Å². The molecule has 0 aromatic carbocycles. The van der Waals surface area contributed by atoms with Gasteiger partial charge in [-0.05, 0) is 31.9 Å². The van der Waals surface area contributed by atoms with Gasteiger partial charge in [-0.3, -0.25) is 4.68 Å². The van der Waals surface area contributed by atoms with Crippen molar-refractivity contribution in [1.82, 2.24) is 15.1 Å². The van der Waals surface area contributed by atoms with Gasteiger partial charge < -0.3 is 5.32 Å². The molecule has 1 aliphatic rings. The van der Waals surface area contributed by atoms with Gasteiger partial charge in [-0.2, -0.15) is 5.10 Å².